The highest BCUT2D eigenvalue weighted by molar-refractivity contribution is 7.07. The van der Waals surface area contributed by atoms with Crippen molar-refractivity contribution in [3.8, 4) is 0 Å². The normalized spacial score (nSPS) is 12.6. The third kappa shape index (κ3) is 3.92. The Morgan fingerprint density at radius 2 is 2.24 bits per heavy atom. The maximum Gasteiger partial charge on any atom is 0.273 e. The van der Waals surface area contributed by atoms with Gasteiger partial charge >= 0.3 is 0 Å². The fourth-order valence-corrected chi connectivity index (χ4v) is 3.05. The van der Waals surface area contributed by atoms with Crippen molar-refractivity contribution < 1.29 is 9.32 Å². The summed E-state index contributed by atoms with van der Waals surface area (Å²) in [6, 6.07) is 3.94. The van der Waals surface area contributed by atoms with E-state index in [2.05, 4.69) is 46.0 Å². The largest absolute Gasteiger partial charge is 0.361 e. The van der Waals surface area contributed by atoms with Crippen molar-refractivity contribution >= 4 is 17.2 Å². The Labute approximate surface area is 128 Å². The summed E-state index contributed by atoms with van der Waals surface area (Å²) in [5.41, 5.74) is 1.57. The first kappa shape index (κ1) is 15.7. The number of amides is 1. The maximum absolute atomic E-state index is 12.1. The van der Waals surface area contributed by atoms with Crippen molar-refractivity contribution in [1.29, 1.82) is 0 Å². The Balaban J connectivity index is 2.04. The van der Waals surface area contributed by atoms with E-state index in [0.29, 0.717) is 18.0 Å². The molecule has 0 bridgehead atoms. The molecule has 2 heterocycles. The van der Waals surface area contributed by atoms with Gasteiger partial charge < -0.3 is 9.84 Å². The molecule has 0 saturated heterocycles. The van der Waals surface area contributed by atoms with Crippen LogP contribution < -0.4 is 5.32 Å². The summed E-state index contributed by atoms with van der Waals surface area (Å²) in [5, 5.41) is 10.9. The Hall–Kier alpha value is -1.66. The molecule has 1 amide bonds. The summed E-state index contributed by atoms with van der Waals surface area (Å²) in [4.78, 5) is 14.4. The van der Waals surface area contributed by atoms with E-state index in [1.807, 2.05) is 0 Å². The molecule has 114 valence electrons. The summed E-state index contributed by atoms with van der Waals surface area (Å²) in [6.07, 6.45) is 0. The third-order valence-electron chi connectivity index (χ3n) is 3.50. The number of hydrogen-bond acceptors (Lipinski definition) is 5. The van der Waals surface area contributed by atoms with Crippen molar-refractivity contribution in [3.05, 3.63) is 39.9 Å². The molecule has 1 atom stereocenters. The van der Waals surface area contributed by atoms with Gasteiger partial charge in [-0.15, -0.1) is 0 Å². The van der Waals surface area contributed by atoms with E-state index in [4.69, 9.17) is 4.52 Å². The molecule has 6 heteroatoms. The lowest BCUT2D eigenvalue weighted by molar-refractivity contribution is 0.0926. The van der Waals surface area contributed by atoms with Gasteiger partial charge in [0.05, 0.1) is 6.04 Å². The number of carbonyl (C=O) groups is 1. The molecular weight excluding hydrogens is 286 g/mol. The van der Waals surface area contributed by atoms with E-state index in [1.54, 1.807) is 24.3 Å². The van der Waals surface area contributed by atoms with Crippen LogP contribution in [0.5, 0.6) is 0 Å². The Kier molecular flexibility index (Phi) is 5.52. The number of carbonyl (C=O) groups excluding carboxylic acids is 1. The molecule has 2 rings (SSSR count). The predicted octanol–water partition coefficient (Wildman–Crippen LogP) is 2.86. The Morgan fingerprint density at radius 3 is 2.76 bits per heavy atom. The van der Waals surface area contributed by atoms with Gasteiger partial charge in [-0.3, -0.25) is 9.69 Å². The molecule has 0 fully saturated rings. The molecule has 1 N–H and O–H groups in total. The highest BCUT2D eigenvalue weighted by Gasteiger charge is 2.20. The lowest BCUT2D eigenvalue weighted by Gasteiger charge is -2.29. The number of rotatable bonds is 7. The van der Waals surface area contributed by atoms with Crippen molar-refractivity contribution in [2.24, 2.45) is 0 Å². The zero-order chi connectivity index (χ0) is 15.2. The first-order valence-electron chi connectivity index (χ1n) is 7.13. The summed E-state index contributed by atoms with van der Waals surface area (Å²) in [5.74, 6) is 0.442. The van der Waals surface area contributed by atoms with Crippen molar-refractivity contribution in [1.82, 2.24) is 15.4 Å². The molecule has 0 spiro atoms. The van der Waals surface area contributed by atoms with E-state index in [-0.39, 0.29) is 11.9 Å². The van der Waals surface area contributed by atoms with E-state index in [1.165, 1.54) is 5.56 Å². The highest BCUT2D eigenvalue weighted by Crippen LogP contribution is 2.22. The van der Waals surface area contributed by atoms with Crippen LogP contribution in [0.3, 0.4) is 0 Å². The van der Waals surface area contributed by atoms with Gasteiger partial charge in [0.2, 0.25) is 0 Å². The minimum Gasteiger partial charge on any atom is -0.361 e. The molecule has 21 heavy (non-hydrogen) atoms. The van der Waals surface area contributed by atoms with Crippen LogP contribution in [0.25, 0.3) is 0 Å². The fourth-order valence-electron chi connectivity index (χ4n) is 2.34. The Morgan fingerprint density at radius 1 is 1.48 bits per heavy atom. The first-order chi connectivity index (χ1) is 10.2. The zero-order valence-corrected chi connectivity index (χ0v) is 13.4. The quantitative estimate of drug-likeness (QED) is 0.854. The summed E-state index contributed by atoms with van der Waals surface area (Å²) in [7, 11) is 0. The van der Waals surface area contributed by atoms with E-state index in [9.17, 15) is 4.79 Å². The van der Waals surface area contributed by atoms with Crippen molar-refractivity contribution in [2.75, 3.05) is 19.6 Å². The summed E-state index contributed by atoms with van der Waals surface area (Å²) in [6.45, 7) is 8.47. The van der Waals surface area contributed by atoms with Gasteiger partial charge in [-0.25, -0.2) is 0 Å². The molecular formula is C15H21N3O2S. The standard InChI is InChI=1S/C15H21N3O2S/c1-4-18(5-2)14(12-6-7-21-10-12)9-16-15(19)13-8-11(3)20-17-13/h6-8,10,14H,4-5,9H2,1-3H3,(H,16,19). The van der Waals surface area contributed by atoms with Gasteiger partial charge in [0, 0.05) is 12.6 Å². The second-order valence-corrected chi connectivity index (χ2v) is 5.61. The maximum atomic E-state index is 12.1. The van der Waals surface area contributed by atoms with Crippen LogP contribution in [0, 0.1) is 6.92 Å². The van der Waals surface area contributed by atoms with Crippen LogP contribution in [-0.2, 0) is 0 Å². The highest BCUT2D eigenvalue weighted by atomic mass is 32.1. The lowest BCUT2D eigenvalue weighted by Crippen LogP contribution is -2.38. The van der Waals surface area contributed by atoms with Gasteiger partial charge in [0.15, 0.2) is 5.69 Å². The minimum atomic E-state index is -0.195. The SMILES string of the molecule is CCN(CC)C(CNC(=O)c1cc(C)on1)c1ccsc1. The van der Waals surface area contributed by atoms with Gasteiger partial charge in [0.1, 0.15) is 5.76 Å². The van der Waals surface area contributed by atoms with Gasteiger partial charge in [-0.1, -0.05) is 19.0 Å². The number of aryl methyl sites for hydroxylation is 1. The van der Waals surface area contributed by atoms with E-state index >= 15 is 0 Å². The smallest absolute Gasteiger partial charge is 0.273 e. The molecule has 5 nitrogen and oxygen atoms in total. The topological polar surface area (TPSA) is 58.4 Å². The second kappa shape index (κ2) is 7.38. The number of thiophene rings is 1. The van der Waals surface area contributed by atoms with Crippen molar-refractivity contribution in [3.63, 3.8) is 0 Å². The average molecular weight is 307 g/mol. The zero-order valence-electron chi connectivity index (χ0n) is 12.6. The molecule has 0 aliphatic rings. The number of nitrogens with zero attached hydrogens (tertiary/aromatic N) is 2. The average Bonchev–Trinajstić information content (AvgIpc) is 3.14. The first-order valence-corrected chi connectivity index (χ1v) is 8.07. The summed E-state index contributed by atoms with van der Waals surface area (Å²) < 4.78 is 4.93. The predicted molar refractivity (Wildman–Crippen MR) is 83.6 cm³/mol. The fraction of sp³-hybridized carbons (Fsp3) is 0.467. The molecule has 2 aromatic rings. The van der Waals surface area contributed by atoms with Crippen LogP contribution >= 0.6 is 11.3 Å². The van der Waals surface area contributed by atoms with Gasteiger partial charge in [-0.2, -0.15) is 11.3 Å². The molecule has 0 radical (unpaired) electrons. The number of aromatic nitrogens is 1. The number of hydrogen-bond donors (Lipinski definition) is 1. The number of nitrogens with one attached hydrogen (secondary N) is 1. The van der Waals surface area contributed by atoms with Crippen molar-refractivity contribution in [2.45, 2.75) is 26.8 Å². The van der Waals surface area contributed by atoms with Crippen LogP contribution in [0.1, 0.15) is 41.7 Å². The third-order valence-corrected chi connectivity index (χ3v) is 4.20. The monoisotopic (exact) mass is 307 g/mol. The van der Waals surface area contributed by atoms with Crippen LogP contribution in [-0.4, -0.2) is 35.6 Å². The number of likely N-dealkylation sites (N-methyl/N-ethyl adjacent to an activating group) is 1. The molecule has 2 aromatic heterocycles. The van der Waals surface area contributed by atoms with E-state index < -0.39 is 0 Å². The molecule has 0 aliphatic carbocycles. The lowest BCUT2D eigenvalue weighted by atomic mass is 10.1. The second-order valence-electron chi connectivity index (χ2n) is 4.83. The van der Waals surface area contributed by atoms with E-state index in [0.717, 1.165) is 13.1 Å². The van der Waals surface area contributed by atoms with Crippen LogP contribution in [0.15, 0.2) is 27.4 Å². The van der Waals surface area contributed by atoms with Crippen LogP contribution in [0.2, 0.25) is 0 Å². The summed E-state index contributed by atoms with van der Waals surface area (Å²) >= 11 is 1.67. The van der Waals surface area contributed by atoms with Gasteiger partial charge in [0.25, 0.3) is 5.91 Å². The Bertz CT molecular complexity index is 561. The molecule has 0 aliphatic heterocycles. The molecule has 1 unspecified atom stereocenters. The van der Waals surface area contributed by atoms with Gasteiger partial charge in [-0.05, 0) is 42.4 Å². The minimum absolute atomic E-state index is 0.184. The molecule has 0 saturated carbocycles. The molecule has 0 aromatic carbocycles. The van der Waals surface area contributed by atoms with Crippen LogP contribution in [0.4, 0.5) is 0 Å².